The van der Waals surface area contributed by atoms with Crippen molar-refractivity contribution in [3.05, 3.63) is 135 Å². The SMILES string of the molecule is CC(C)(C)c1ccc2c(c1)C(=O)c1ccccc1C2=O.Nc1ccc2c(c1)C(=O)c1ccccc1C2=O. The monoisotopic (exact) mass is 487 g/mol. The molecule has 0 amide bonds. The van der Waals surface area contributed by atoms with Crippen molar-refractivity contribution in [2.45, 2.75) is 26.2 Å². The Labute approximate surface area is 215 Å². The third-order valence-electron chi connectivity index (χ3n) is 6.74. The fourth-order valence-corrected chi connectivity index (χ4v) is 4.68. The molecular formula is C32H25NO4. The van der Waals surface area contributed by atoms with Gasteiger partial charge in [-0.15, -0.1) is 0 Å². The topological polar surface area (TPSA) is 94.3 Å². The molecule has 2 aliphatic carbocycles. The molecule has 0 unspecified atom stereocenters. The van der Waals surface area contributed by atoms with E-state index in [1.165, 1.54) is 0 Å². The molecule has 0 saturated carbocycles. The van der Waals surface area contributed by atoms with Crippen LogP contribution in [0.15, 0.2) is 84.9 Å². The Morgan fingerprint density at radius 3 is 1.24 bits per heavy atom. The predicted molar refractivity (Wildman–Crippen MR) is 143 cm³/mol. The molecule has 0 fully saturated rings. The molecule has 0 atom stereocenters. The van der Waals surface area contributed by atoms with Crippen LogP contribution in [0.25, 0.3) is 0 Å². The second-order valence-electron chi connectivity index (χ2n) is 10.2. The van der Waals surface area contributed by atoms with Gasteiger partial charge in [0.1, 0.15) is 0 Å². The Morgan fingerprint density at radius 2 is 0.811 bits per heavy atom. The lowest BCUT2D eigenvalue weighted by Crippen LogP contribution is -2.22. The number of fused-ring (bicyclic) bond motifs is 4. The number of carbonyl (C=O) groups excluding carboxylic acids is 4. The molecule has 0 bridgehead atoms. The zero-order valence-corrected chi connectivity index (χ0v) is 20.8. The van der Waals surface area contributed by atoms with Crippen molar-refractivity contribution < 1.29 is 19.2 Å². The molecule has 0 aromatic heterocycles. The van der Waals surface area contributed by atoms with Crippen LogP contribution in [0.1, 0.15) is 90.0 Å². The van der Waals surface area contributed by atoms with Gasteiger partial charge < -0.3 is 5.73 Å². The summed E-state index contributed by atoms with van der Waals surface area (Å²) in [6.45, 7) is 6.29. The highest BCUT2D eigenvalue weighted by molar-refractivity contribution is 6.29. The molecule has 4 aromatic carbocycles. The van der Waals surface area contributed by atoms with E-state index in [-0.39, 0.29) is 28.5 Å². The number of hydrogen-bond donors (Lipinski definition) is 1. The molecule has 0 heterocycles. The van der Waals surface area contributed by atoms with Crippen LogP contribution in [0, 0.1) is 0 Å². The summed E-state index contributed by atoms with van der Waals surface area (Å²) in [7, 11) is 0. The van der Waals surface area contributed by atoms with Gasteiger partial charge in [0.2, 0.25) is 0 Å². The molecule has 0 spiro atoms. The van der Waals surface area contributed by atoms with Gasteiger partial charge in [-0.25, -0.2) is 0 Å². The fourth-order valence-electron chi connectivity index (χ4n) is 4.68. The molecule has 0 saturated heterocycles. The minimum absolute atomic E-state index is 0.0463. The van der Waals surface area contributed by atoms with Crippen LogP contribution < -0.4 is 5.73 Å². The normalized spacial score (nSPS) is 13.6. The Balaban J connectivity index is 0.000000153. The first-order chi connectivity index (χ1) is 17.6. The first-order valence-electron chi connectivity index (χ1n) is 12.0. The highest BCUT2D eigenvalue weighted by Gasteiger charge is 2.31. The maximum Gasteiger partial charge on any atom is 0.194 e. The number of anilines is 1. The fraction of sp³-hybridized carbons (Fsp3) is 0.125. The molecule has 2 N–H and O–H groups in total. The van der Waals surface area contributed by atoms with E-state index in [4.69, 9.17) is 5.73 Å². The van der Waals surface area contributed by atoms with Crippen LogP contribution in [0.3, 0.4) is 0 Å². The summed E-state index contributed by atoms with van der Waals surface area (Å²) >= 11 is 0. The lowest BCUT2D eigenvalue weighted by Gasteiger charge is -2.23. The Hall–Kier alpha value is -4.64. The highest BCUT2D eigenvalue weighted by Crippen LogP contribution is 2.31. The number of nitrogens with two attached hydrogens (primary N) is 1. The summed E-state index contributed by atoms with van der Waals surface area (Å²) in [6, 6.07) is 24.3. The number of benzene rings is 4. The maximum absolute atomic E-state index is 12.6. The molecule has 0 aliphatic heterocycles. The number of hydrogen-bond acceptors (Lipinski definition) is 5. The summed E-state index contributed by atoms with van der Waals surface area (Å²) in [5.41, 5.74) is 11.0. The minimum Gasteiger partial charge on any atom is -0.399 e. The van der Waals surface area contributed by atoms with Gasteiger partial charge in [0, 0.05) is 50.2 Å². The van der Waals surface area contributed by atoms with Crippen LogP contribution in [0.2, 0.25) is 0 Å². The number of ketones is 4. The van der Waals surface area contributed by atoms with Crippen LogP contribution >= 0.6 is 0 Å². The molecule has 2 aliphatic rings. The molecule has 6 rings (SSSR count). The van der Waals surface area contributed by atoms with Crippen molar-refractivity contribution in [2.24, 2.45) is 0 Å². The summed E-state index contributed by atoms with van der Waals surface area (Å²) in [5.74, 6) is -0.366. The van der Waals surface area contributed by atoms with E-state index in [0.29, 0.717) is 50.2 Å². The Bertz CT molecular complexity index is 1640. The van der Waals surface area contributed by atoms with E-state index in [1.807, 2.05) is 12.1 Å². The third-order valence-corrected chi connectivity index (χ3v) is 6.74. The van der Waals surface area contributed by atoms with Crippen molar-refractivity contribution >= 4 is 28.8 Å². The number of rotatable bonds is 0. The van der Waals surface area contributed by atoms with E-state index in [9.17, 15) is 19.2 Å². The zero-order chi connectivity index (χ0) is 26.5. The first-order valence-corrected chi connectivity index (χ1v) is 12.0. The molecule has 5 heteroatoms. The quantitative estimate of drug-likeness (QED) is 0.273. The lowest BCUT2D eigenvalue weighted by molar-refractivity contribution is 0.0979. The van der Waals surface area contributed by atoms with Gasteiger partial charge in [-0.2, -0.15) is 0 Å². The summed E-state index contributed by atoms with van der Waals surface area (Å²) in [5, 5.41) is 0. The third kappa shape index (κ3) is 4.08. The van der Waals surface area contributed by atoms with Gasteiger partial charge in [-0.1, -0.05) is 75.4 Å². The second kappa shape index (κ2) is 8.79. The largest absolute Gasteiger partial charge is 0.399 e. The van der Waals surface area contributed by atoms with Gasteiger partial charge in [0.15, 0.2) is 23.1 Å². The molecule has 182 valence electrons. The van der Waals surface area contributed by atoms with E-state index in [2.05, 4.69) is 20.8 Å². The molecule has 0 radical (unpaired) electrons. The molecule has 37 heavy (non-hydrogen) atoms. The van der Waals surface area contributed by atoms with Crippen molar-refractivity contribution in [3.63, 3.8) is 0 Å². The van der Waals surface area contributed by atoms with E-state index < -0.39 is 0 Å². The standard InChI is InChI=1S/C18H16O2.C14H9NO2/c1-18(2,3)11-8-9-14-15(10-11)17(20)13-7-5-4-6-12(13)16(14)19;15-8-5-6-11-12(7-8)14(17)10-4-2-1-3-9(10)13(11)16/h4-10H,1-3H3;1-7H,15H2. The molecular weight excluding hydrogens is 462 g/mol. The maximum atomic E-state index is 12.6. The van der Waals surface area contributed by atoms with Crippen LogP contribution in [-0.2, 0) is 5.41 Å². The van der Waals surface area contributed by atoms with Crippen LogP contribution in [0.5, 0.6) is 0 Å². The Kier molecular flexibility index (Phi) is 5.72. The average Bonchev–Trinajstić information content (AvgIpc) is 2.90. The van der Waals surface area contributed by atoms with Gasteiger partial charge in [0.05, 0.1) is 0 Å². The van der Waals surface area contributed by atoms with Gasteiger partial charge in [-0.3, -0.25) is 19.2 Å². The van der Waals surface area contributed by atoms with Crippen LogP contribution in [0.4, 0.5) is 5.69 Å². The van der Waals surface area contributed by atoms with Crippen molar-refractivity contribution in [1.82, 2.24) is 0 Å². The van der Waals surface area contributed by atoms with Crippen molar-refractivity contribution in [1.29, 1.82) is 0 Å². The first kappa shape index (κ1) is 24.1. The molecule has 5 nitrogen and oxygen atoms in total. The number of carbonyl (C=O) groups is 4. The van der Waals surface area contributed by atoms with E-state index in [0.717, 1.165) is 5.56 Å². The predicted octanol–water partition coefficient (Wildman–Crippen LogP) is 5.80. The smallest absolute Gasteiger partial charge is 0.194 e. The van der Waals surface area contributed by atoms with Crippen molar-refractivity contribution in [2.75, 3.05) is 5.73 Å². The second-order valence-corrected chi connectivity index (χ2v) is 10.2. The van der Waals surface area contributed by atoms with E-state index >= 15 is 0 Å². The molecule has 4 aromatic rings. The minimum atomic E-state index is -0.137. The summed E-state index contributed by atoms with van der Waals surface area (Å²) in [4.78, 5) is 49.4. The summed E-state index contributed by atoms with van der Waals surface area (Å²) in [6.07, 6.45) is 0. The van der Waals surface area contributed by atoms with Crippen molar-refractivity contribution in [3.8, 4) is 0 Å². The lowest BCUT2D eigenvalue weighted by atomic mass is 9.79. The van der Waals surface area contributed by atoms with E-state index in [1.54, 1.807) is 72.8 Å². The number of nitrogen functional groups attached to an aromatic ring is 1. The van der Waals surface area contributed by atoms with Gasteiger partial charge in [0.25, 0.3) is 0 Å². The average molecular weight is 488 g/mol. The Morgan fingerprint density at radius 1 is 0.459 bits per heavy atom. The highest BCUT2D eigenvalue weighted by atomic mass is 16.1. The van der Waals surface area contributed by atoms with Gasteiger partial charge >= 0.3 is 0 Å². The summed E-state index contributed by atoms with van der Waals surface area (Å²) < 4.78 is 0. The van der Waals surface area contributed by atoms with Gasteiger partial charge in [-0.05, 0) is 41.3 Å². The zero-order valence-electron chi connectivity index (χ0n) is 20.8. The van der Waals surface area contributed by atoms with Crippen LogP contribution in [-0.4, -0.2) is 23.1 Å².